The number of methoxy groups -OCH3 is 1. The van der Waals surface area contributed by atoms with Gasteiger partial charge < -0.3 is 18.8 Å². The summed E-state index contributed by atoms with van der Waals surface area (Å²) in [7, 11) is 1.62. The van der Waals surface area contributed by atoms with Crippen LogP contribution in [-0.2, 0) is 22.4 Å². The fourth-order valence-corrected chi connectivity index (χ4v) is 4.44. The van der Waals surface area contributed by atoms with Crippen LogP contribution in [0.3, 0.4) is 0 Å². The zero-order valence-corrected chi connectivity index (χ0v) is 23.5. The molecule has 0 atom stereocenters. The number of pyridine rings is 1. The smallest absolute Gasteiger partial charge is 0.338 e. The zero-order valence-electron chi connectivity index (χ0n) is 22.8. The largest absolute Gasteiger partial charge is 0.469 e. The molecule has 8 nitrogen and oxygen atoms in total. The lowest BCUT2D eigenvalue weighted by Crippen LogP contribution is -2.12. The fraction of sp³-hybridized carbons (Fsp3) is 0.188. The number of aromatic nitrogens is 3. The quantitative estimate of drug-likeness (QED) is 0.127. The Morgan fingerprint density at radius 2 is 1.76 bits per heavy atom. The van der Waals surface area contributed by atoms with E-state index in [1.165, 1.54) is 6.07 Å². The van der Waals surface area contributed by atoms with Gasteiger partial charge in [0.15, 0.2) is 12.4 Å². The normalized spacial score (nSPS) is 11.0. The van der Waals surface area contributed by atoms with Gasteiger partial charge in [0.05, 0.1) is 41.8 Å². The van der Waals surface area contributed by atoms with E-state index in [0.29, 0.717) is 46.1 Å². The van der Waals surface area contributed by atoms with Crippen LogP contribution < -0.4 is 4.74 Å². The third kappa shape index (κ3) is 6.99. The number of rotatable bonds is 12. The maximum atomic E-state index is 15.0. The van der Waals surface area contributed by atoms with E-state index >= 15 is 0 Å². The topological polar surface area (TPSA) is 92.5 Å². The first-order valence-corrected chi connectivity index (χ1v) is 13.6. The van der Waals surface area contributed by atoms with Crippen molar-refractivity contribution in [2.75, 3.05) is 26.9 Å². The van der Waals surface area contributed by atoms with E-state index in [-0.39, 0.29) is 31.3 Å². The predicted molar refractivity (Wildman–Crippen MR) is 157 cm³/mol. The van der Waals surface area contributed by atoms with Gasteiger partial charge in [0.1, 0.15) is 5.82 Å². The molecule has 0 aliphatic heterocycles. The number of fused-ring (bicyclic) bond motifs is 1. The summed E-state index contributed by atoms with van der Waals surface area (Å²) in [6.07, 6.45) is 1.91. The van der Waals surface area contributed by atoms with Gasteiger partial charge in [-0.2, -0.15) is 0 Å². The molecule has 0 spiro atoms. The number of imidazole rings is 1. The number of benzene rings is 3. The number of Topliss-reactive ketones (excluding diaryl/α,β-unsaturated/α-hetero) is 1. The molecule has 214 valence electrons. The lowest BCUT2D eigenvalue weighted by Gasteiger charge is -2.09. The minimum atomic E-state index is -0.496. The third-order valence-electron chi connectivity index (χ3n) is 6.59. The minimum Gasteiger partial charge on any atom is -0.469 e. The molecular formula is C32H27ClFN3O5. The van der Waals surface area contributed by atoms with Crippen molar-refractivity contribution in [3.8, 4) is 17.1 Å². The Kier molecular flexibility index (Phi) is 9.21. The second kappa shape index (κ2) is 13.4. The van der Waals surface area contributed by atoms with Crippen LogP contribution in [0.25, 0.3) is 22.3 Å². The number of ether oxygens (including phenoxy) is 3. The minimum absolute atomic E-state index is 0.0132. The molecule has 0 bridgehead atoms. The predicted octanol–water partition coefficient (Wildman–Crippen LogP) is 6.20. The first kappa shape index (κ1) is 28.9. The Labute approximate surface area is 246 Å². The van der Waals surface area contributed by atoms with Crippen LogP contribution in [0.1, 0.15) is 26.3 Å². The Morgan fingerprint density at radius 1 is 0.952 bits per heavy atom. The van der Waals surface area contributed by atoms with Gasteiger partial charge in [-0.15, -0.1) is 0 Å². The Bertz CT molecular complexity index is 1720. The van der Waals surface area contributed by atoms with Crippen molar-refractivity contribution in [1.29, 1.82) is 0 Å². The Hall–Kier alpha value is -4.60. The van der Waals surface area contributed by atoms with Crippen LogP contribution >= 0.6 is 11.6 Å². The van der Waals surface area contributed by atoms with Crippen molar-refractivity contribution in [2.45, 2.75) is 13.0 Å². The summed E-state index contributed by atoms with van der Waals surface area (Å²) in [4.78, 5) is 33.8. The van der Waals surface area contributed by atoms with Gasteiger partial charge >= 0.3 is 5.97 Å². The summed E-state index contributed by atoms with van der Waals surface area (Å²) >= 11 is 5.87. The van der Waals surface area contributed by atoms with Crippen molar-refractivity contribution in [1.82, 2.24) is 14.5 Å². The molecule has 0 fully saturated rings. The van der Waals surface area contributed by atoms with Crippen molar-refractivity contribution < 1.29 is 28.2 Å². The van der Waals surface area contributed by atoms with Gasteiger partial charge in [-0.1, -0.05) is 29.8 Å². The highest BCUT2D eigenvalue weighted by Crippen LogP contribution is 2.23. The van der Waals surface area contributed by atoms with Crippen molar-refractivity contribution >= 4 is 34.4 Å². The third-order valence-corrected chi connectivity index (χ3v) is 6.84. The lowest BCUT2D eigenvalue weighted by molar-refractivity contribution is 0.0508. The molecule has 2 aromatic heterocycles. The summed E-state index contributed by atoms with van der Waals surface area (Å²) < 4.78 is 33.0. The monoisotopic (exact) mass is 587 g/mol. The molecule has 0 amide bonds. The van der Waals surface area contributed by atoms with E-state index in [9.17, 15) is 14.0 Å². The summed E-state index contributed by atoms with van der Waals surface area (Å²) in [5.74, 6) is -0.919. The number of esters is 1. The molecule has 0 aliphatic carbocycles. The van der Waals surface area contributed by atoms with Crippen LogP contribution in [0.4, 0.5) is 4.39 Å². The number of carbonyl (C=O) groups excluding carboxylic acids is 2. The number of hydrogen-bond acceptors (Lipinski definition) is 7. The number of carbonyl (C=O) groups is 2. The number of hydrogen-bond donors (Lipinski definition) is 0. The van der Waals surface area contributed by atoms with Gasteiger partial charge in [-0.3, -0.25) is 4.79 Å². The molecule has 42 heavy (non-hydrogen) atoms. The molecule has 2 heterocycles. The van der Waals surface area contributed by atoms with Crippen LogP contribution in [0.5, 0.6) is 5.88 Å². The molecule has 3 aromatic carbocycles. The van der Waals surface area contributed by atoms with E-state index in [4.69, 9.17) is 25.8 Å². The van der Waals surface area contributed by atoms with Gasteiger partial charge in [-0.25, -0.2) is 19.2 Å². The molecule has 5 rings (SSSR count). The zero-order chi connectivity index (χ0) is 29.5. The molecule has 0 aliphatic rings. The van der Waals surface area contributed by atoms with E-state index in [2.05, 4.69) is 9.97 Å². The standard InChI is InChI=1S/C32H27ClFN3O5/c1-40-16-14-37-20-35-28-12-9-24(18-29(28)37)32(39)41-15-13-21-5-6-23(17-26(21)34)27-3-2-4-31(36-27)42-19-30(38)22-7-10-25(33)11-8-22/h2-12,17-18,20H,13-16,19H2,1H3. The van der Waals surface area contributed by atoms with E-state index in [1.807, 2.05) is 4.57 Å². The van der Waals surface area contributed by atoms with Crippen molar-refractivity contribution in [3.05, 3.63) is 113 Å². The highest BCUT2D eigenvalue weighted by molar-refractivity contribution is 6.30. The van der Waals surface area contributed by atoms with Crippen LogP contribution in [0.15, 0.2) is 85.2 Å². The van der Waals surface area contributed by atoms with Crippen LogP contribution in [0, 0.1) is 5.82 Å². The van der Waals surface area contributed by atoms with E-state index < -0.39 is 11.8 Å². The van der Waals surface area contributed by atoms with Crippen LogP contribution in [0.2, 0.25) is 5.02 Å². The molecule has 5 aromatic rings. The van der Waals surface area contributed by atoms with Crippen LogP contribution in [-0.4, -0.2) is 53.2 Å². The molecular weight excluding hydrogens is 561 g/mol. The second-order valence-electron chi connectivity index (χ2n) is 9.41. The highest BCUT2D eigenvalue weighted by Gasteiger charge is 2.13. The molecule has 0 unspecified atom stereocenters. The number of halogens is 2. The molecule has 0 radical (unpaired) electrons. The SMILES string of the molecule is COCCn1cnc2ccc(C(=O)OCCc3ccc(-c4cccc(OCC(=O)c5ccc(Cl)cc5)n4)cc3F)cc21. The van der Waals surface area contributed by atoms with Gasteiger partial charge in [-0.05, 0) is 60.2 Å². The maximum absolute atomic E-state index is 15.0. The number of nitrogens with zero attached hydrogens (tertiary/aromatic N) is 3. The van der Waals surface area contributed by atoms with Gasteiger partial charge in [0.2, 0.25) is 5.88 Å². The Balaban J connectivity index is 1.17. The molecule has 0 saturated heterocycles. The second-order valence-corrected chi connectivity index (χ2v) is 9.84. The van der Waals surface area contributed by atoms with Crippen molar-refractivity contribution in [3.63, 3.8) is 0 Å². The summed E-state index contributed by atoms with van der Waals surface area (Å²) in [6.45, 7) is 0.943. The average molecular weight is 588 g/mol. The van der Waals surface area contributed by atoms with Crippen molar-refractivity contribution in [2.24, 2.45) is 0 Å². The first-order valence-electron chi connectivity index (χ1n) is 13.2. The summed E-state index contributed by atoms with van der Waals surface area (Å²) in [6, 6.07) is 21.5. The highest BCUT2D eigenvalue weighted by atomic mass is 35.5. The lowest BCUT2D eigenvalue weighted by atomic mass is 10.1. The van der Waals surface area contributed by atoms with E-state index in [0.717, 1.165) is 11.0 Å². The molecule has 0 saturated carbocycles. The molecule has 10 heteroatoms. The fourth-order valence-electron chi connectivity index (χ4n) is 4.31. The Morgan fingerprint density at radius 3 is 2.55 bits per heavy atom. The first-order chi connectivity index (χ1) is 20.4. The van der Waals surface area contributed by atoms with Gasteiger partial charge in [0, 0.05) is 42.3 Å². The van der Waals surface area contributed by atoms with E-state index in [1.54, 1.807) is 86.2 Å². The molecule has 0 N–H and O–H groups in total. The summed E-state index contributed by atoms with van der Waals surface area (Å²) in [5, 5.41) is 0.539. The number of ketones is 1. The maximum Gasteiger partial charge on any atom is 0.338 e. The average Bonchev–Trinajstić information content (AvgIpc) is 3.42. The summed E-state index contributed by atoms with van der Waals surface area (Å²) in [5.41, 5.74) is 3.87. The van der Waals surface area contributed by atoms with Gasteiger partial charge in [0.25, 0.3) is 0 Å².